The van der Waals surface area contributed by atoms with Crippen molar-refractivity contribution in [2.24, 2.45) is 0 Å². The van der Waals surface area contributed by atoms with Crippen LogP contribution in [0.1, 0.15) is 12.0 Å². The predicted molar refractivity (Wildman–Crippen MR) is 85.3 cm³/mol. The number of rotatable bonds is 4. The van der Waals surface area contributed by atoms with Crippen LogP contribution in [-0.4, -0.2) is 24.9 Å². The van der Waals surface area contributed by atoms with Crippen molar-refractivity contribution in [2.45, 2.75) is 19.9 Å². The highest BCUT2D eigenvalue weighted by Crippen LogP contribution is 2.32. The molecule has 0 aliphatic heterocycles. The molecule has 2 aromatic heterocycles. The first-order chi connectivity index (χ1) is 11.2. The third kappa shape index (κ3) is 3.19. The maximum Gasteiger partial charge on any atom is 0.116 e. The molecule has 0 saturated carbocycles. The van der Waals surface area contributed by atoms with Crippen molar-refractivity contribution in [3.05, 3.63) is 48.5 Å². The number of hydrogen-bond donors (Lipinski definition) is 1. The maximum absolute atomic E-state index is 9.86. The fourth-order valence-electron chi connectivity index (χ4n) is 2.45. The van der Waals surface area contributed by atoms with E-state index in [4.69, 9.17) is 5.26 Å². The summed E-state index contributed by atoms with van der Waals surface area (Å²) < 4.78 is 1.73. The molecule has 6 nitrogen and oxygen atoms in total. The summed E-state index contributed by atoms with van der Waals surface area (Å²) in [4.78, 5) is 8.22. The Morgan fingerprint density at radius 2 is 2.17 bits per heavy atom. The topological polar surface area (TPSA) is 87.6 Å². The Labute approximate surface area is 133 Å². The minimum atomic E-state index is 0.195. The standard InChI is InChI=1S/C17H15N5O/c1-12-7-13(9-14(23)8-12)17-15(16-3-5-19-11-20-16)10-22(21-17)6-2-4-18/h3,5,7-11,23H,2,6H2,1H3. The molecule has 3 aromatic rings. The zero-order valence-corrected chi connectivity index (χ0v) is 12.6. The minimum Gasteiger partial charge on any atom is -0.508 e. The highest BCUT2D eigenvalue weighted by atomic mass is 16.3. The van der Waals surface area contributed by atoms with E-state index in [1.165, 1.54) is 6.33 Å². The van der Waals surface area contributed by atoms with Crippen molar-refractivity contribution < 1.29 is 5.11 Å². The molecular weight excluding hydrogens is 290 g/mol. The van der Waals surface area contributed by atoms with Crippen LogP contribution in [0.4, 0.5) is 0 Å². The van der Waals surface area contributed by atoms with Gasteiger partial charge < -0.3 is 5.11 Å². The van der Waals surface area contributed by atoms with Gasteiger partial charge in [0.1, 0.15) is 17.8 Å². The molecule has 0 radical (unpaired) electrons. The first-order valence-electron chi connectivity index (χ1n) is 7.19. The fourth-order valence-corrected chi connectivity index (χ4v) is 2.45. The molecule has 0 atom stereocenters. The van der Waals surface area contributed by atoms with Crippen LogP contribution in [0, 0.1) is 18.3 Å². The average Bonchev–Trinajstić information content (AvgIpc) is 2.97. The summed E-state index contributed by atoms with van der Waals surface area (Å²) in [6.45, 7) is 2.42. The number of aryl methyl sites for hydroxylation is 2. The van der Waals surface area contributed by atoms with Crippen molar-refractivity contribution in [1.29, 1.82) is 5.26 Å². The number of hydrogen-bond acceptors (Lipinski definition) is 5. The molecule has 0 spiro atoms. The lowest BCUT2D eigenvalue weighted by molar-refractivity contribution is 0.475. The molecule has 1 aromatic carbocycles. The lowest BCUT2D eigenvalue weighted by Crippen LogP contribution is -1.97. The van der Waals surface area contributed by atoms with E-state index in [-0.39, 0.29) is 5.75 Å². The second-order valence-electron chi connectivity index (χ2n) is 5.21. The molecule has 0 unspecified atom stereocenters. The molecule has 6 heteroatoms. The number of phenols is 1. The molecule has 0 amide bonds. The quantitative estimate of drug-likeness (QED) is 0.800. The zero-order chi connectivity index (χ0) is 16.2. The highest BCUT2D eigenvalue weighted by Gasteiger charge is 2.15. The second kappa shape index (κ2) is 6.28. The lowest BCUT2D eigenvalue weighted by atomic mass is 10.0. The summed E-state index contributed by atoms with van der Waals surface area (Å²) in [7, 11) is 0. The first kappa shape index (κ1) is 14.7. The van der Waals surface area contributed by atoms with E-state index in [0.29, 0.717) is 13.0 Å². The van der Waals surface area contributed by atoms with Gasteiger partial charge in [-0.25, -0.2) is 9.97 Å². The van der Waals surface area contributed by atoms with E-state index in [9.17, 15) is 5.11 Å². The second-order valence-corrected chi connectivity index (χ2v) is 5.21. The summed E-state index contributed by atoms with van der Waals surface area (Å²) in [6, 6.07) is 9.26. The third-order valence-electron chi connectivity index (χ3n) is 3.41. The first-order valence-corrected chi connectivity index (χ1v) is 7.19. The molecule has 0 fully saturated rings. The largest absolute Gasteiger partial charge is 0.508 e. The summed E-state index contributed by atoms with van der Waals surface area (Å²) >= 11 is 0. The monoisotopic (exact) mass is 305 g/mol. The van der Waals surface area contributed by atoms with Crippen LogP contribution in [0.5, 0.6) is 5.75 Å². The number of aromatic nitrogens is 4. The van der Waals surface area contributed by atoms with E-state index in [1.807, 2.05) is 25.3 Å². The third-order valence-corrected chi connectivity index (χ3v) is 3.41. The molecule has 2 heterocycles. The van der Waals surface area contributed by atoms with Gasteiger partial charge in [0.2, 0.25) is 0 Å². The van der Waals surface area contributed by atoms with Gasteiger partial charge in [-0.05, 0) is 36.8 Å². The summed E-state index contributed by atoms with van der Waals surface area (Å²) in [6.07, 6.45) is 5.41. The van der Waals surface area contributed by atoms with Crippen molar-refractivity contribution in [3.8, 4) is 34.3 Å². The zero-order valence-electron chi connectivity index (χ0n) is 12.6. The van der Waals surface area contributed by atoms with Gasteiger partial charge in [-0.15, -0.1) is 0 Å². The Balaban J connectivity index is 2.14. The molecule has 0 aliphatic carbocycles. The predicted octanol–water partition coefficient (Wildman–Crippen LogP) is 2.93. The molecule has 1 N–H and O–H groups in total. The van der Waals surface area contributed by atoms with Crippen LogP contribution in [0.15, 0.2) is 43.0 Å². The fraction of sp³-hybridized carbons (Fsp3) is 0.176. The number of aromatic hydroxyl groups is 1. The molecule has 0 aliphatic rings. The summed E-state index contributed by atoms with van der Waals surface area (Å²) in [5.74, 6) is 0.195. The Bertz CT molecular complexity index is 844. The van der Waals surface area contributed by atoms with Crippen LogP contribution in [0.25, 0.3) is 22.5 Å². The molecule has 23 heavy (non-hydrogen) atoms. The van der Waals surface area contributed by atoms with E-state index in [0.717, 1.165) is 28.1 Å². The normalized spacial score (nSPS) is 10.4. The van der Waals surface area contributed by atoms with Gasteiger partial charge in [-0.3, -0.25) is 4.68 Å². The van der Waals surface area contributed by atoms with Gasteiger partial charge in [0.25, 0.3) is 0 Å². The molecule has 0 bridgehead atoms. The summed E-state index contributed by atoms with van der Waals surface area (Å²) in [5, 5.41) is 23.2. The number of benzene rings is 1. The van der Waals surface area contributed by atoms with Crippen LogP contribution < -0.4 is 0 Å². The van der Waals surface area contributed by atoms with Gasteiger partial charge in [0.15, 0.2) is 0 Å². The maximum atomic E-state index is 9.86. The Hall–Kier alpha value is -3.20. The summed E-state index contributed by atoms with van der Waals surface area (Å²) in [5.41, 5.74) is 4.07. The van der Waals surface area contributed by atoms with Gasteiger partial charge in [-0.2, -0.15) is 10.4 Å². The Morgan fingerprint density at radius 1 is 1.30 bits per heavy atom. The van der Waals surface area contributed by atoms with Gasteiger partial charge in [0, 0.05) is 23.5 Å². The molecule has 3 rings (SSSR count). The van der Waals surface area contributed by atoms with Crippen LogP contribution in [-0.2, 0) is 6.54 Å². The number of nitriles is 1. The van der Waals surface area contributed by atoms with Crippen molar-refractivity contribution in [3.63, 3.8) is 0 Å². The van der Waals surface area contributed by atoms with E-state index in [1.54, 1.807) is 23.0 Å². The van der Waals surface area contributed by atoms with Crippen LogP contribution in [0.3, 0.4) is 0 Å². The van der Waals surface area contributed by atoms with Gasteiger partial charge >= 0.3 is 0 Å². The van der Waals surface area contributed by atoms with Crippen molar-refractivity contribution in [2.75, 3.05) is 0 Å². The van der Waals surface area contributed by atoms with E-state index < -0.39 is 0 Å². The van der Waals surface area contributed by atoms with E-state index >= 15 is 0 Å². The van der Waals surface area contributed by atoms with Crippen molar-refractivity contribution in [1.82, 2.24) is 19.7 Å². The van der Waals surface area contributed by atoms with Crippen LogP contribution >= 0.6 is 0 Å². The highest BCUT2D eigenvalue weighted by molar-refractivity contribution is 5.79. The van der Waals surface area contributed by atoms with E-state index in [2.05, 4.69) is 21.1 Å². The Morgan fingerprint density at radius 3 is 2.87 bits per heavy atom. The van der Waals surface area contributed by atoms with Crippen molar-refractivity contribution >= 4 is 0 Å². The molecule has 114 valence electrons. The molecule has 0 saturated heterocycles. The minimum absolute atomic E-state index is 0.195. The lowest BCUT2D eigenvalue weighted by Gasteiger charge is -2.04. The number of phenolic OH excluding ortho intramolecular Hbond substituents is 1. The SMILES string of the molecule is Cc1cc(O)cc(-c2nn(CCC#N)cc2-c2ccncn2)c1. The molecular formula is C17H15N5O. The number of nitrogens with zero attached hydrogens (tertiary/aromatic N) is 5. The average molecular weight is 305 g/mol. The van der Waals surface area contributed by atoms with Crippen LogP contribution in [0.2, 0.25) is 0 Å². The smallest absolute Gasteiger partial charge is 0.116 e. The Kier molecular flexibility index (Phi) is 4.02. The van der Waals surface area contributed by atoms with Gasteiger partial charge in [-0.1, -0.05) is 0 Å². The van der Waals surface area contributed by atoms with Gasteiger partial charge in [0.05, 0.1) is 24.7 Å².